The zero-order valence-corrected chi connectivity index (χ0v) is 11.0. The number of carbonyl (C=O) groups is 2. The fourth-order valence-corrected chi connectivity index (χ4v) is 3.27. The number of halogens is 2. The standard InChI is InChI=1S/C10H8ClFN2O4S/c11-6-2-1-3-7(10(6)12)19(17,18)14-4-8(15)13-9(16)5-14/h1-3H,4-5H2,(H,13,15,16). The summed E-state index contributed by atoms with van der Waals surface area (Å²) in [4.78, 5) is 21.6. The van der Waals surface area contributed by atoms with Gasteiger partial charge in [-0.2, -0.15) is 4.31 Å². The molecule has 9 heteroatoms. The molecule has 102 valence electrons. The number of piperazine rings is 1. The lowest BCUT2D eigenvalue weighted by Gasteiger charge is -2.24. The van der Waals surface area contributed by atoms with Crippen molar-refractivity contribution in [3.8, 4) is 0 Å². The van der Waals surface area contributed by atoms with Gasteiger partial charge in [-0.25, -0.2) is 12.8 Å². The van der Waals surface area contributed by atoms with Gasteiger partial charge in [-0.1, -0.05) is 17.7 Å². The fraction of sp³-hybridized carbons (Fsp3) is 0.200. The number of benzene rings is 1. The molecule has 1 saturated heterocycles. The van der Waals surface area contributed by atoms with E-state index in [1.54, 1.807) is 0 Å². The molecule has 19 heavy (non-hydrogen) atoms. The molecule has 6 nitrogen and oxygen atoms in total. The van der Waals surface area contributed by atoms with E-state index in [0.717, 1.165) is 6.07 Å². The molecule has 0 bridgehead atoms. The first-order chi connectivity index (χ1) is 8.82. The number of imide groups is 1. The number of rotatable bonds is 2. The van der Waals surface area contributed by atoms with Gasteiger partial charge in [-0.05, 0) is 12.1 Å². The number of sulfonamides is 1. The Morgan fingerprint density at radius 1 is 1.21 bits per heavy atom. The molecule has 1 aliphatic heterocycles. The summed E-state index contributed by atoms with van der Waals surface area (Å²) in [5.41, 5.74) is 0. The van der Waals surface area contributed by atoms with Crippen molar-refractivity contribution in [2.75, 3.05) is 13.1 Å². The molecule has 1 heterocycles. The molecule has 0 radical (unpaired) electrons. The summed E-state index contributed by atoms with van der Waals surface area (Å²) in [6.07, 6.45) is 0. The topological polar surface area (TPSA) is 83.6 Å². The van der Waals surface area contributed by atoms with Crippen LogP contribution in [0.15, 0.2) is 23.1 Å². The maximum absolute atomic E-state index is 13.7. The second-order valence-corrected chi connectivity index (χ2v) is 6.11. The zero-order chi connectivity index (χ0) is 14.2. The molecule has 1 aromatic carbocycles. The fourth-order valence-electron chi connectivity index (χ4n) is 1.60. The van der Waals surface area contributed by atoms with Crippen molar-refractivity contribution in [1.29, 1.82) is 0 Å². The smallest absolute Gasteiger partial charge is 0.246 e. The number of nitrogens with one attached hydrogen (secondary N) is 1. The number of amides is 2. The molecule has 1 fully saturated rings. The Labute approximate surface area is 113 Å². The number of nitrogens with zero attached hydrogens (tertiary/aromatic N) is 1. The molecule has 0 spiro atoms. The molecule has 2 rings (SSSR count). The van der Waals surface area contributed by atoms with Crippen LogP contribution in [0.3, 0.4) is 0 Å². The van der Waals surface area contributed by atoms with E-state index in [-0.39, 0.29) is 5.02 Å². The summed E-state index contributed by atoms with van der Waals surface area (Å²) in [7, 11) is -4.29. The van der Waals surface area contributed by atoms with Crippen LogP contribution < -0.4 is 5.32 Å². The highest BCUT2D eigenvalue weighted by atomic mass is 35.5. The van der Waals surface area contributed by atoms with Crippen LogP contribution in [-0.2, 0) is 19.6 Å². The third-order valence-electron chi connectivity index (χ3n) is 2.45. The second kappa shape index (κ2) is 4.87. The van der Waals surface area contributed by atoms with Gasteiger partial charge in [-0.3, -0.25) is 14.9 Å². The van der Waals surface area contributed by atoms with Crippen LogP contribution >= 0.6 is 11.6 Å². The Balaban J connectivity index is 2.45. The van der Waals surface area contributed by atoms with Crippen LogP contribution in [0.2, 0.25) is 5.02 Å². The maximum atomic E-state index is 13.7. The van der Waals surface area contributed by atoms with Crippen molar-refractivity contribution in [1.82, 2.24) is 9.62 Å². The van der Waals surface area contributed by atoms with Crippen LogP contribution in [-0.4, -0.2) is 37.6 Å². The summed E-state index contributed by atoms with van der Waals surface area (Å²) < 4.78 is 38.6. The van der Waals surface area contributed by atoms with Gasteiger partial charge in [0.15, 0.2) is 5.82 Å². The first-order valence-electron chi connectivity index (χ1n) is 5.09. The first kappa shape index (κ1) is 13.9. The zero-order valence-electron chi connectivity index (χ0n) is 9.39. The lowest BCUT2D eigenvalue weighted by molar-refractivity contribution is -0.134. The van der Waals surface area contributed by atoms with Crippen LogP contribution in [0.25, 0.3) is 0 Å². The van der Waals surface area contributed by atoms with E-state index in [2.05, 4.69) is 0 Å². The van der Waals surface area contributed by atoms with Gasteiger partial charge in [-0.15, -0.1) is 0 Å². The summed E-state index contributed by atoms with van der Waals surface area (Å²) in [6.45, 7) is -1.08. The van der Waals surface area contributed by atoms with Crippen LogP contribution in [0.1, 0.15) is 0 Å². The van der Waals surface area contributed by atoms with Crippen LogP contribution in [0.5, 0.6) is 0 Å². The van der Waals surface area contributed by atoms with Crippen molar-refractivity contribution in [3.05, 3.63) is 29.0 Å². The molecular weight excluding hydrogens is 299 g/mol. The minimum absolute atomic E-state index is 0.353. The van der Waals surface area contributed by atoms with Crippen molar-refractivity contribution in [2.24, 2.45) is 0 Å². The van der Waals surface area contributed by atoms with E-state index in [4.69, 9.17) is 11.6 Å². The van der Waals surface area contributed by atoms with E-state index in [9.17, 15) is 22.4 Å². The second-order valence-electron chi connectivity index (χ2n) is 3.80. The summed E-state index contributed by atoms with van der Waals surface area (Å²) in [6, 6.07) is 3.49. The molecule has 2 amide bonds. The molecule has 1 N–H and O–H groups in total. The molecule has 0 aromatic heterocycles. The van der Waals surface area contributed by atoms with E-state index < -0.39 is 45.6 Å². The van der Waals surface area contributed by atoms with E-state index in [1.165, 1.54) is 12.1 Å². The summed E-state index contributed by atoms with van der Waals surface area (Å²) >= 11 is 5.51. The van der Waals surface area contributed by atoms with Gasteiger partial charge in [0.05, 0.1) is 18.1 Å². The SMILES string of the molecule is O=C1CN(S(=O)(=O)c2cccc(Cl)c2F)CC(=O)N1. The molecule has 0 aliphatic carbocycles. The van der Waals surface area contributed by atoms with Crippen molar-refractivity contribution in [2.45, 2.75) is 4.90 Å². The van der Waals surface area contributed by atoms with Crippen molar-refractivity contribution >= 4 is 33.4 Å². The Hall–Kier alpha value is -1.51. The highest BCUT2D eigenvalue weighted by molar-refractivity contribution is 7.89. The summed E-state index contributed by atoms with van der Waals surface area (Å²) in [5.74, 6) is -2.63. The van der Waals surface area contributed by atoms with Crippen molar-refractivity contribution < 1.29 is 22.4 Å². The molecule has 0 atom stereocenters. The monoisotopic (exact) mass is 306 g/mol. The van der Waals surface area contributed by atoms with Gasteiger partial charge in [0.25, 0.3) is 0 Å². The molecule has 0 unspecified atom stereocenters. The normalized spacial score (nSPS) is 17.4. The summed E-state index contributed by atoms with van der Waals surface area (Å²) in [5, 5.41) is 1.60. The quantitative estimate of drug-likeness (QED) is 0.787. The maximum Gasteiger partial charge on any atom is 0.246 e. The van der Waals surface area contributed by atoms with Gasteiger partial charge in [0.2, 0.25) is 21.8 Å². The third kappa shape index (κ3) is 2.60. The largest absolute Gasteiger partial charge is 0.294 e. The van der Waals surface area contributed by atoms with E-state index >= 15 is 0 Å². The average Bonchev–Trinajstić information content (AvgIpc) is 2.31. The molecule has 0 saturated carbocycles. The Morgan fingerprint density at radius 3 is 2.37 bits per heavy atom. The van der Waals surface area contributed by atoms with Crippen molar-refractivity contribution in [3.63, 3.8) is 0 Å². The predicted octanol–water partition coefficient (Wildman–Crippen LogP) is 0.126. The molecular formula is C10H8ClFN2O4S. The van der Waals surface area contributed by atoms with Crippen LogP contribution in [0.4, 0.5) is 4.39 Å². The van der Waals surface area contributed by atoms with Gasteiger partial charge >= 0.3 is 0 Å². The van der Waals surface area contributed by atoms with E-state index in [1.807, 2.05) is 5.32 Å². The number of hydrogen-bond acceptors (Lipinski definition) is 4. The minimum Gasteiger partial charge on any atom is -0.294 e. The first-order valence-corrected chi connectivity index (χ1v) is 6.91. The lowest BCUT2D eigenvalue weighted by atomic mass is 10.3. The van der Waals surface area contributed by atoms with Gasteiger partial charge in [0.1, 0.15) is 4.90 Å². The predicted molar refractivity (Wildman–Crippen MR) is 63.3 cm³/mol. The lowest BCUT2D eigenvalue weighted by Crippen LogP contribution is -2.53. The highest BCUT2D eigenvalue weighted by Gasteiger charge is 2.34. The number of hydrogen-bond donors (Lipinski definition) is 1. The van der Waals surface area contributed by atoms with Crippen LogP contribution in [0, 0.1) is 5.82 Å². The molecule has 1 aromatic rings. The highest BCUT2D eigenvalue weighted by Crippen LogP contribution is 2.24. The Morgan fingerprint density at radius 2 is 1.79 bits per heavy atom. The Kier molecular flexibility index (Phi) is 3.57. The van der Waals surface area contributed by atoms with Gasteiger partial charge < -0.3 is 0 Å². The van der Waals surface area contributed by atoms with Gasteiger partial charge in [0, 0.05) is 0 Å². The van der Waals surface area contributed by atoms with E-state index in [0.29, 0.717) is 4.31 Å². The Bertz CT molecular complexity index is 645. The minimum atomic E-state index is -4.29. The average molecular weight is 307 g/mol. The number of carbonyl (C=O) groups excluding carboxylic acids is 2. The third-order valence-corrected chi connectivity index (χ3v) is 4.55. The molecule has 1 aliphatic rings.